The molecule has 0 aromatic heterocycles. The quantitative estimate of drug-likeness (QED) is 0.0215. The van der Waals surface area contributed by atoms with Gasteiger partial charge in [0.2, 0.25) is 5.91 Å². The second kappa shape index (κ2) is 44.5. The van der Waals surface area contributed by atoms with Crippen molar-refractivity contribution in [1.29, 1.82) is 0 Å². The predicted octanol–water partition coefficient (Wildman–Crippen LogP) is 10.7. The molecule has 9 unspecified atom stereocenters. The molecule has 66 heavy (non-hydrogen) atoms. The van der Waals surface area contributed by atoms with Crippen molar-refractivity contribution in [3.05, 3.63) is 36.5 Å². The van der Waals surface area contributed by atoms with Crippen molar-refractivity contribution >= 4 is 5.91 Å². The number of carbonyl (C=O) groups is 1. The van der Waals surface area contributed by atoms with Crippen LogP contribution >= 0.6 is 0 Å². The number of nitrogens with one attached hydrogen (secondary N) is 1. The molecule has 1 saturated heterocycles. The van der Waals surface area contributed by atoms with Gasteiger partial charge in [0.25, 0.3) is 0 Å². The minimum atomic E-state index is -1.67. The van der Waals surface area contributed by atoms with Crippen molar-refractivity contribution in [2.45, 2.75) is 294 Å². The van der Waals surface area contributed by atoms with Crippen molar-refractivity contribution in [2.24, 2.45) is 0 Å². The van der Waals surface area contributed by atoms with E-state index >= 15 is 0 Å². The number of hydrogen-bond donors (Lipinski definition) is 8. The molecule has 0 bridgehead atoms. The minimum Gasteiger partial charge on any atom is -0.394 e. The van der Waals surface area contributed by atoms with Gasteiger partial charge in [-0.05, 0) is 64.2 Å². The molecule has 9 atom stereocenters. The monoisotopic (exact) mass is 938 g/mol. The average Bonchev–Trinajstić information content (AvgIpc) is 3.32. The Labute approximate surface area is 403 Å². The first kappa shape index (κ1) is 62.3. The Kier molecular flexibility index (Phi) is 42.1. The third-order valence-electron chi connectivity index (χ3n) is 13.2. The Hall–Kier alpha value is -1.67. The lowest BCUT2D eigenvalue weighted by atomic mass is 9.98. The Bertz CT molecular complexity index is 1170. The van der Waals surface area contributed by atoms with Gasteiger partial charge in [-0.1, -0.05) is 211 Å². The predicted molar refractivity (Wildman–Crippen MR) is 270 cm³/mol. The summed E-state index contributed by atoms with van der Waals surface area (Å²) in [4.78, 5) is 13.2. The molecule has 8 N–H and O–H groups in total. The molecule has 11 heteroatoms. The molecule has 1 aliphatic heterocycles. The van der Waals surface area contributed by atoms with Crippen LogP contribution in [0.3, 0.4) is 0 Å². The molecule has 1 heterocycles. The first-order valence-corrected chi connectivity index (χ1v) is 27.4. The second-order valence-electron chi connectivity index (χ2n) is 19.3. The first-order chi connectivity index (χ1) is 32.2. The van der Waals surface area contributed by atoms with E-state index in [-0.39, 0.29) is 12.8 Å². The zero-order valence-corrected chi connectivity index (χ0v) is 42.2. The number of allylic oxidation sites excluding steroid dienone is 6. The van der Waals surface area contributed by atoms with Crippen LogP contribution in [0.4, 0.5) is 0 Å². The van der Waals surface area contributed by atoms with Crippen LogP contribution in [-0.2, 0) is 14.3 Å². The Balaban J connectivity index is 2.36. The van der Waals surface area contributed by atoms with Gasteiger partial charge in [0, 0.05) is 0 Å². The maximum atomic E-state index is 13.2. The Morgan fingerprint density at radius 1 is 0.545 bits per heavy atom. The van der Waals surface area contributed by atoms with Crippen LogP contribution in [0.15, 0.2) is 36.5 Å². The number of hydrogen-bond acceptors (Lipinski definition) is 10. The van der Waals surface area contributed by atoms with E-state index in [9.17, 15) is 40.5 Å². The number of aliphatic hydroxyl groups is 7. The molecule has 1 rings (SSSR count). The summed E-state index contributed by atoms with van der Waals surface area (Å²) in [5.41, 5.74) is 0. The summed E-state index contributed by atoms with van der Waals surface area (Å²) >= 11 is 0. The van der Waals surface area contributed by atoms with Gasteiger partial charge < -0.3 is 50.5 Å². The summed E-state index contributed by atoms with van der Waals surface area (Å²) < 4.78 is 11.1. The number of carbonyl (C=O) groups excluding carboxylic acids is 1. The molecule has 0 radical (unpaired) electrons. The molecule has 0 aromatic carbocycles. The maximum absolute atomic E-state index is 13.2. The summed E-state index contributed by atoms with van der Waals surface area (Å²) in [5, 5.41) is 76.0. The van der Waals surface area contributed by atoms with Gasteiger partial charge >= 0.3 is 0 Å². The molecule has 11 nitrogen and oxygen atoms in total. The largest absolute Gasteiger partial charge is 0.394 e. The lowest BCUT2D eigenvalue weighted by molar-refractivity contribution is -0.303. The summed E-state index contributed by atoms with van der Waals surface area (Å²) in [6, 6.07) is -1.18. The molecular weight excluding hydrogens is 835 g/mol. The summed E-state index contributed by atoms with van der Waals surface area (Å²) in [6.45, 7) is 3.35. The third kappa shape index (κ3) is 33.0. The molecule has 0 aliphatic carbocycles. The Morgan fingerprint density at radius 3 is 1.47 bits per heavy atom. The van der Waals surface area contributed by atoms with Crippen LogP contribution in [0, 0.1) is 0 Å². The van der Waals surface area contributed by atoms with Gasteiger partial charge in [0.15, 0.2) is 6.29 Å². The number of ether oxygens (including phenoxy) is 2. The first-order valence-electron chi connectivity index (χ1n) is 27.4. The fraction of sp³-hybridized carbons (Fsp3) is 0.873. The van der Waals surface area contributed by atoms with Crippen molar-refractivity contribution in [3.8, 4) is 0 Å². The molecule has 1 aliphatic rings. The van der Waals surface area contributed by atoms with Crippen molar-refractivity contribution in [2.75, 3.05) is 13.2 Å². The van der Waals surface area contributed by atoms with Gasteiger partial charge in [-0.3, -0.25) is 4.79 Å². The lowest BCUT2D eigenvalue weighted by Crippen LogP contribution is -2.60. The molecular formula is C55H103NO10. The second-order valence-corrected chi connectivity index (χ2v) is 19.3. The zero-order chi connectivity index (χ0) is 48.3. The van der Waals surface area contributed by atoms with Crippen LogP contribution in [-0.4, -0.2) is 110 Å². The highest BCUT2D eigenvalue weighted by atomic mass is 16.7. The van der Waals surface area contributed by atoms with Crippen LogP contribution in [0.1, 0.15) is 239 Å². The van der Waals surface area contributed by atoms with E-state index in [0.29, 0.717) is 12.8 Å². The standard InChI is InChI=1S/C55H103NO10/c1-3-5-7-9-11-13-15-17-19-21-23-25-27-29-31-33-35-37-39-41-43-48(59)54(64)56-46(45-65-55-53(63)52(62)51(61)49(44-57)66-55)50(60)47(58)42-40-38-36-34-32-30-28-26-24-22-20-18-16-14-12-10-8-6-4-2/h5,7,11,13,34,36,46-53,55,57-63H,3-4,6,8-10,12,14-33,35,37-45H2,1-2H3,(H,56,64)/b7-5-,13-11-,36-34+. The highest BCUT2D eigenvalue weighted by Crippen LogP contribution is 2.23. The van der Waals surface area contributed by atoms with E-state index in [0.717, 1.165) is 51.4 Å². The highest BCUT2D eigenvalue weighted by Gasteiger charge is 2.44. The third-order valence-corrected chi connectivity index (χ3v) is 13.2. The average molecular weight is 938 g/mol. The number of amides is 1. The van der Waals surface area contributed by atoms with E-state index < -0.39 is 74.2 Å². The Morgan fingerprint density at radius 2 is 0.985 bits per heavy atom. The molecule has 0 saturated carbocycles. The molecule has 1 amide bonds. The van der Waals surface area contributed by atoms with E-state index in [1.54, 1.807) is 0 Å². The highest BCUT2D eigenvalue weighted by molar-refractivity contribution is 5.80. The van der Waals surface area contributed by atoms with Crippen LogP contribution in [0.25, 0.3) is 0 Å². The van der Waals surface area contributed by atoms with Crippen molar-refractivity contribution in [1.82, 2.24) is 5.32 Å². The van der Waals surface area contributed by atoms with Crippen LogP contribution in [0.5, 0.6) is 0 Å². The van der Waals surface area contributed by atoms with Gasteiger partial charge in [0.05, 0.1) is 25.4 Å². The SMILES string of the molecule is CC/C=C\C/C=C\CCCCCCCCCCCCCCCC(O)C(=O)NC(COC1OC(CO)C(O)C(O)C1O)C(O)C(O)CCC/C=C/CCCCCCCCCCCCCCCC. The lowest BCUT2D eigenvalue weighted by Gasteiger charge is -2.40. The van der Waals surface area contributed by atoms with Crippen molar-refractivity contribution < 1.29 is 50.0 Å². The van der Waals surface area contributed by atoms with Crippen molar-refractivity contribution in [3.63, 3.8) is 0 Å². The molecule has 0 aromatic rings. The van der Waals surface area contributed by atoms with Crippen LogP contribution < -0.4 is 5.32 Å². The van der Waals surface area contributed by atoms with Gasteiger partial charge in [0.1, 0.15) is 36.6 Å². The summed E-state index contributed by atoms with van der Waals surface area (Å²) in [5.74, 6) is -0.706. The molecule has 388 valence electrons. The van der Waals surface area contributed by atoms with E-state index in [2.05, 4.69) is 55.6 Å². The van der Waals surface area contributed by atoms with E-state index in [4.69, 9.17) is 9.47 Å². The number of unbranched alkanes of at least 4 members (excludes halogenated alkanes) is 28. The number of aliphatic hydroxyl groups excluding tert-OH is 7. The minimum absolute atomic E-state index is 0.253. The molecule has 1 fully saturated rings. The van der Waals surface area contributed by atoms with E-state index in [1.807, 2.05) is 0 Å². The van der Waals surface area contributed by atoms with Gasteiger partial charge in [-0.2, -0.15) is 0 Å². The molecule has 0 spiro atoms. The van der Waals surface area contributed by atoms with E-state index in [1.165, 1.54) is 148 Å². The maximum Gasteiger partial charge on any atom is 0.249 e. The normalized spacial score (nSPS) is 21.0. The zero-order valence-electron chi connectivity index (χ0n) is 42.2. The van der Waals surface area contributed by atoms with Gasteiger partial charge in [-0.15, -0.1) is 0 Å². The summed E-state index contributed by atoms with van der Waals surface area (Å²) in [6.07, 6.45) is 41.9. The van der Waals surface area contributed by atoms with Gasteiger partial charge in [-0.25, -0.2) is 0 Å². The smallest absolute Gasteiger partial charge is 0.249 e. The summed E-state index contributed by atoms with van der Waals surface area (Å²) in [7, 11) is 0. The number of rotatable bonds is 46. The fourth-order valence-electron chi connectivity index (χ4n) is 8.72. The topological polar surface area (TPSA) is 189 Å². The fourth-order valence-corrected chi connectivity index (χ4v) is 8.72. The van der Waals surface area contributed by atoms with Crippen LogP contribution in [0.2, 0.25) is 0 Å².